The number of nitrogens with two attached hydrogens (primary N) is 1. The SMILES string of the molecule is CCCc1c(CN)oc2c(C)cc(F)cc12. The van der Waals surface area contributed by atoms with Gasteiger partial charge in [0.1, 0.15) is 17.2 Å². The van der Waals surface area contributed by atoms with Crippen LogP contribution in [0.15, 0.2) is 16.5 Å². The molecule has 0 spiro atoms. The van der Waals surface area contributed by atoms with Crippen LogP contribution in [0.2, 0.25) is 0 Å². The maximum atomic E-state index is 13.4. The van der Waals surface area contributed by atoms with Crippen molar-refractivity contribution in [2.24, 2.45) is 5.73 Å². The molecule has 0 saturated carbocycles. The van der Waals surface area contributed by atoms with Crippen LogP contribution in [-0.2, 0) is 13.0 Å². The highest BCUT2D eigenvalue weighted by atomic mass is 19.1. The summed E-state index contributed by atoms with van der Waals surface area (Å²) >= 11 is 0. The Bertz CT molecular complexity index is 516. The average molecular weight is 221 g/mol. The van der Waals surface area contributed by atoms with Crippen molar-refractivity contribution in [2.45, 2.75) is 33.2 Å². The number of halogens is 1. The first-order valence-electron chi connectivity index (χ1n) is 5.57. The number of rotatable bonds is 3. The first-order valence-corrected chi connectivity index (χ1v) is 5.57. The van der Waals surface area contributed by atoms with Crippen molar-refractivity contribution < 1.29 is 8.81 Å². The molecule has 0 aliphatic carbocycles. The van der Waals surface area contributed by atoms with E-state index in [0.717, 1.165) is 40.7 Å². The molecule has 1 aromatic heterocycles. The van der Waals surface area contributed by atoms with Crippen LogP contribution in [0.25, 0.3) is 11.0 Å². The van der Waals surface area contributed by atoms with Gasteiger partial charge in [-0.25, -0.2) is 4.39 Å². The summed E-state index contributed by atoms with van der Waals surface area (Å²) < 4.78 is 19.1. The fraction of sp³-hybridized carbons (Fsp3) is 0.385. The molecule has 1 heterocycles. The summed E-state index contributed by atoms with van der Waals surface area (Å²) in [4.78, 5) is 0. The number of aryl methyl sites for hydroxylation is 2. The third kappa shape index (κ3) is 1.71. The molecule has 0 bridgehead atoms. The van der Waals surface area contributed by atoms with Crippen LogP contribution in [-0.4, -0.2) is 0 Å². The highest BCUT2D eigenvalue weighted by molar-refractivity contribution is 5.85. The molecular weight excluding hydrogens is 205 g/mol. The number of fused-ring (bicyclic) bond motifs is 1. The van der Waals surface area contributed by atoms with Gasteiger partial charge in [-0.15, -0.1) is 0 Å². The topological polar surface area (TPSA) is 39.2 Å². The van der Waals surface area contributed by atoms with E-state index in [4.69, 9.17) is 10.2 Å². The molecule has 0 atom stereocenters. The average Bonchev–Trinajstić information content (AvgIpc) is 2.58. The Morgan fingerprint density at radius 3 is 2.75 bits per heavy atom. The van der Waals surface area contributed by atoms with Gasteiger partial charge < -0.3 is 10.2 Å². The molecule has 3 heteroatoms. The lowest BCUT2D eigenvalue weighted by Crippen LogP contribution is -1.98. The van der Waals surface area contributed by atoms with Gasteiger partial charge in [-0.2, -0.15) is 0 Å². The van der Waals surface area contributed by atoms with Crippen molar-refractivity contribution in [1.82, 2.24) is 0 Å². The van der Waals surface area contributed by atoms with Crippen molar-refractivity contribution in [3.05, 3.63) is 34.8 Å². The predicted molar refractivity (Wildman–Crippen MR) is 62.8 cm³/mol. The molecule has 0 fully saturated rings. The van der Waals surface area contributed by atoms with Crippen LogP contribution in [0.3, 0.4) is 0 Å². The lowest BCUT2D eigenvalue weighted by atomic mass is 10.0. The number of hydrogen-bond acceptors (Lipinski definition) is 2. The summed E-state index contributed by atoms with van der Waals surface area (Å²) in [6.45, 7) is 4.31. The molecule has 2 aromatic rings. The van der Waals surface area contributed by atoms with Crippen LogP contribution in [0.4, 0.5) is 4.39 Å². The molecule has 2 rings (SSSR count). The lowest BCUT2D eigenvalue weighted by molar-refractivity contribution is 0.542. The molecule has 86 valence electrons. The van der Waals surface area contributed by atoms with Crippen molar-refractivity contribution in [1.29, 1.82) is 0 Å². The minimum absolute atomic E-state index is 0.216. The molecule has 0 radical (unpaired) electrons. The normalized spacial score (nSPS) is 11.2. The third-order valence-electron chi connectivity index (χ3n) is 2.81. The fourth-order valence-corrected chi connectivity index (χ4v) is 2.11. The largest absolute Gasteiger partial charge is 0.459 e. The maximum Gasteiger partial charge on any atom is 0.137 e. The highest BCUT2D eigenvalue weighted by Gasteiger charge is 2.14. The van der Waals surface area contributed by atoms with Crippen LogP contribution in [0.1, 0.15) is 30.2 Å². The molecule has 0 aliphatic rings. The van der Waals surface area contributed by atoms with E-state index < -0.39 is 0 Å². The van der Waals surface area contributed by atoms with E-state index in [1.54, 1.807) is 0 Å². The molecule has 16 heavy (non-hydrogen) atoms. The predicted octanol–water partition coefficient (Wildman–Crippen LogP) is 3.29. The Labute approximate surface area is 94.2 Å². The summed E-state index contributed by atoms with van der Waals surface area (Å²) in [5.41, 5.74) is 8.30. The van der Waals surface area contributed by atoms with Gasteiger partial charge in [0.05, 0.1) is 6.54 Å². The van der Waals surface area contributed by atoms with Gasteiger partial charge >= 0.3 is 0 Å². The van der Waals surface area contributed by atoms with Crippen molar-refractivity contribution in [2.75, 3.05) is 0 Å². The van der Waals surface area contributed by atoms with Gasteiger partial charge in [0, 0.05) is 10.9 Å². The van der Waals surface area contributed by atoms with Crippen LogP contribution in [0.5, 0.6) is 0 Å². The second-order valence-corrected chi connectivity index (χ2v) is 4.06. The van der Waals surface area contributed by atoms with Gasteiger partial charge in [0.15, 0.2) is 0 Å². The van der Waals surface area contributed by atoms with Crippen molar-refractivity contribution in [3.63, 3.8) is 0 Å². The fourth-order valence-electron chi connectivity index (χ4n) is 2.11. The Kier molecular flexibility index (Phi) is 2.97. The van der Waals surface area contributed by atoms with E-state index in [2.05, 4.69) is 6.92 Å². The maximum absolute atomic E-state index is 13.4. The number of hydrogen-bond donors (Lipinski definition) is 1. The molecule has 0 saturated heterocycles. The van der Waals surface area contributed by atoms with E-state index >= 15 is 0 Å². The Balaban J connectivity index is 2.73. The lowest BCUT2D eigenvalue weighted by Gasteiger charge is -1.98. The van der Waals surface area contributed by atoms with E-state index in [1.807, 2.05) is 6.92 Å². The van der Waals surface area contributed by atoms with Gasteiger partial charge in [-0.05, 0) is 31.0 Å². The van der Waals surface area contributed by atoms with E-state index in [9.17, 15) is 4.39 Å². The summed E-state index contributed by atoms with van der Waals surface area (Å²) in [5, 5.41) is 0.875. The zero-order chi connectivity index (χ0) is 11.7. The Hall–Kier alpha value is -1.35. The third-order valence-corrected chi connectivity index (χ3v) is 2.81. The monoisotopic (exact) mass is 221 g/mol. The molecule has 0 amide bonds. The van der Waals surface area contributed by atoms with Crippen LogP contribution in [0, 0.1) is 12.7 Å². The summed E-state index contributed by atoms with van der Waals surface area (Å²) in [6, 6.07) is 3.03. The van der Waals surface area contributed by atoms with Gasteiger partial charge in [0.25, 0.3) is 0 Å². The Morgan fingerprint density at radius 2 is 2.12 bits per heavy atom. The summed E-state index contributed by atoms with van der Waals surface area (Å²) in [5.74, 6) is 0.567. The first-order chi connectivity index (χ1) is 7.67. The molecule has 2 nitrogen and oxygen atoms in total. The Morgan fingerprint density at radius 1 is 1.38 bits per heavy atom. The van der Waals surface area contributed by atoms with E-state index in [1.165, 1.54) is 12.1 Å². The van der Waals surface area contributed by atoms with E-state index in [-0.39, 0.29) is 5.82 Å². The quantitative estimate of drug-likeness (QED) is 0.863. The van der Waals surface area contributed by atoms with Crippen LogP contribution >= 0.6 is 0 Å². The van der Waals surface area contributed by atoms with Crippen molar-refractivity contribution >= 4 is 11.0 Å². The van der Waals surface area contributed by atoms with Gasteiger partial charge in [0.2, 0.25) is 0 Å². The molecule has 2 N–H and O–H groups in total. The highest BCUT2D eigenvalue weighted by Crippen LogP contribution is 2.30. The summed E-state index contributed by atoms with van der Waals surface area (Å²) in [7, 11) is 0. The smallest absolute Gasteiger partial charge is 0.137 e. The first kappa shape index (κ1) is 11.1. The standard InChI is InChI=1S/C13H16FNO/c1-3-4-10-11-6-9(14)5-8(2)13(11)16-12(10)7-15/h5-6H,3-4,7,15H2,1-2H3. The van der Waals surface area contributed by atoms with Crippen LogP contribution < -0.4 is 5.73 Å². The number of furan rings is 1. The molecule has 0 aliphatic heterocycles. The molecule has 0 unspecified atom stereocenters. The van der Waals surface area contributed by atoms with E-state index in [0.29, 0.717) is 6.54 Å². The van der Waals surface area contributed by atoms with Crippen molar-refractivity contribution in [3.8, 4) is 0 Å². The zero-order valence-corrected chi connectivity index (χ0v) is 9.64. The summed E-state index contributed by atoms with van der Waals surface area (Å²) in [6.07, 6.45) is 1.87. The van der Waals surface area contributed by atoms with Gasteiger partial charge in [-0.3, -0.25) is 0 Å². The second kappa shape index (κ2) is 4.26. The van der Waals surface area contributed by atoms with Gasteiger partial charge in [-0.1, -0.05) is 13.3 Å². The zero-order valence-electron chi connectivity index (χ0n) is 9.64. The second-order valence-electron chi connectivity index (χ2n) is 4.06. The molecular formula is C13H16FNO. The minimum atomic E-state index is -0.216. The number of benzene rings is 1. The minimum Gasteiger partial charge on any atom is -0.459 e. The molecule has 1 aromatic carbocycles.